The average molecular weight is 300 g/mol. The van der Waals surface area contributed by atoms with E-state index in [4.69, 9.17) is 15.2 Å². The fourth-order valence-electron chi connectivity index (χ4n) is 3.18. The molecule has 21 heavy (non-hydrogen) atoms. The van der Waals surface area contributed by atoms with Crippen molar-refractivity contribution in [1.82, 2.24) is 4.90 Å². The molecule has 2 N–H and O–H groups in total. The molecular formula is C16H32N2O3. The monoisotopic (exact) mass is 300 g/mol. The number of methoxy groups -OCH3 is 2. The molecule has 1 rings (SSSR count). The fraction of sp³-hybridized carbons (Fsp3) is 0.938. The Labute approximate surface area is 129 Å². The molecule has 3 atom stereocenters. The van der Waals surface area contributed by atoms with Crippen molar-refractivity contribution in [3.63, 3.8) is 0 Å². The van der Waals surface area contributed by atoms with Crippen LogP contribution < -0.4 is 5.73 Å². The van der Waals surface area contributed by atoms with Crippen LogP contribution in [-0.4, -0.2) is 56.9 Å². The Balaban J connectivity index is 2.43. The molecule has 1 saturated carbocycles. The van der Waals surface area contributed by atoms with Crippen molar-refractivity contribution in [3.05, 3.63) is 0 Å². The number of rotatable bonds is 9. The first-order valence-corrected chi connectivity index (χ1v) is 8.11. The normalized spacial score (nSPS) is 23.8. The lowest BCUT2D eigenvalue weighted by Gasteiger charge is -2.30. The van der Waals surface area contributed by atoms with Gasteiger partial charge in [-0.05, 0) is 32.1 Å². The third-order valence-corrected chi connectivity index (χ3v) is 4.39. The van der Waals surface area contributed by atoms with Crippen LogP contribution in [0.1, 0.15) is 45.4 Å². The minimum atomic E-state index is 0.0891. The molecule has 124 valence electrons. The van der Waals surface area contributed by atoms with Gasteiger partial charge in [-0.3, -0.25) is 4.79 Å². The van der Waals surface area contributed by atoms with Crippen LogP contribution in [0.4, 0.5) is 0 Å². The summed E-state index contributed by atoms with van der Waals surface area (Å²) in [5.41, 5.74) is 6.02. The van der Waals surface area contributed by atoms with Crippen molar-refractivity contribution in [1.29, 1.82) is 0 Å². The lowest BCUT2D eigenvalue weighted by atomic mass is 9.83. The van der Waals surface area contributed by atoms with Gasteiger partial charge in [0.25, 0.3) is 0 Å². The molecule has 5 heteroatoms. The molecule has 0 aromatic rings. The molecule has 3 unspecified atom stereocenters. The highest BCUT2D eigenvalue weighted by molar-refractivity contribution is 5.76. The number of carbonyl (C=O) groups excluding carboxylic acids is 1. The zero-order valence-corrected chi connectivity index (χ0v) is 13.8. The Morgan fingerprint density at radius 2 is 2.10 bits per heavy atom. The number of carbonyl (C=O) groups is 1. The molecule has 0 saturated heterocycles. The van der Waals surface area contributed by atoms with E-state index in [2.05, 4.69) is 0 Å². The van der Waals surface area contributed by atoms with Gasteiger partial charge in [-0.2, -0.15) is 0 Å². The highest BCUT2D eigenvalue weighted by atomic mass is 16.5. The first-order valence-electron chi connectivity index (χ1n) is 8.11. The van der Waals surface area contributed by atoms with Crippen LogP contribution in [0, 0.1) is 5.92 Å². The van der Waals surface area contributed by atoms with E-state index in [1.807, 2.05) is 11.8 Å². The smallest absolute Gasteiger partial charge is 0.222 e. The second kappa shape index (κ2) is 10.1. The summed E-state index contributed by atoms with van der Waals surface area (Å²) < 4.78 is 10.3. The SMILES string of the molecule is COCCN(C(=O)CCC1CCCC(N)C1)C(C)COC. The predicted molar refractivity (Wildman–Crippen MR) is 84.1 cm³/mol. The summed E-state index contributed by atoms with van der Waals surface area (Å²) in [6.45, 7) is 3.77. The zero-order valence-electron chi connectivity index (χ0n) is 13.8. The Morgan fingerprint density at radius 1 is 1.33 bits per heavy atom. The number of ether oxygens (including phenoxy) is 2. The first kappa shape index (κ1) is 18.4. The lowest BCUT2D eigenvalue weighted by Crippen LogP contribution is -2.43. The van der Waals surface area contributed by atoms with E-state index < -0.39 is 0 Å². The summed E-state index contributed by atoms with van der Waals surface area (Å²) in [6, 6.07) is 0.419. The largest absolute Gasteiger partial charge is 0.383 e. The summed E-state index contributed by atoms with van der Waals surface area (Å²) in [7, 11) is 3.33. The van der Waals surface area contributed by atoms with E-state index >= 15 is 0 Å². The standard InChI is InChI=1S/C16H32N2O3/c1-13(12-21-3)18(9-10-20-2)16(19)8-7-14-5-4-6-15(17)11-14/h13-15H,4-12,17H2,1-3H3. The summed E-state index contributed by atoms with van der Waals surface area (Å²) in [5, 5.41) is 0. The van der Waals surface area contributed by atoms with Crippen LogP contribution in [0.15, 0.2) is 0 Å². The Bertz CT molecular complexity index is 299. The number of nitrogens with zero attached hydrogens (tertiary/aromatic N) is 1. The van der Waals surface area contributed by atoms with E-state index in [1.165, 1.54) is 12.8 Å². The second-order valence-electron chi connectivity index (χ2n) is 6.22. The summed E-state index contributed by atoms with van der Waals surface area (Å²) in [4.78, 5) is 14.4. The molecule has 1 fully saturated rings. The van der Waals surface area contributed by atoms with Gasteiger partial charge < -0.3 is 20.1 Å². The van der Waals surface area contributed by atoms with Gasteiger partial charge in [-0.15, -0.1) is 0 Å². The van der Waals surface area contributed by atoms with E-state index in [1.54, 1.807) is 14.2 Å². The van der Waals surface area contributed by atoms with Crippen LogP contribution in [0.25, 0.3) is 0 Å². The summed E-state index contributed by atoms with van der Waals surface area (Å²) in [6.07, 6.45) is 6.18. The van der Waals surface area contributed by atoms with Gasteiger partial charge in [0.05, 0.1) is 19.3 Å². The first-order chi connectivity index (χ1) is 10.1. The maximum atomic E-state index is 12.5. The van der Waals surface area contributed by atoms with Crippen LogP contribution in [-0.2, 0) is 14.3 Å². The molecule has 0 aromatic carbocycles. The molecule has 1 aliphatic carbocycles. The van der Waals surface area contributed by atoms with E-state index in [0.29, 0.717) is 38.1 Å². The van der Waals surface area contributed by atoms with Crippen molar-refractivity contribution >= 4 is 5.91 Å². The maximum absolute atomic E-state index is 12.5. The average Bonchev–Trinajstić information content (AvgIpc) is 2.46. The van der Waals surface area contributed by atoms with Gasteiger partial charge in [0, 0.05) is 33.2 Å². The van der Waals surface area contributed by atoms with Crippen LogP contribution >= 0.6 is 0 Å². The molecule has 0 aromatic heterocycles. The summed E-state index contributed by atoms with van der Waals surface area (Å²) in [5.74, 6) is 0.815. The quantitative estimate of drug-likeness (QED) is 0.705. The van der Waals surface area contributed by atoms with Gasteiger partial charge in [-0.1, -0.05) is 12.8 Å². The van der Waals surface area contributed by atoms with Crippen molar-refractivity contribution in [2.24, 2.45) is 11.7 Å². The third kappa shape index (κ3) is 6.76. The van der Waals surface area contributed by atoms with Gasteiger partial charge in [-0.25, -0.2) is 0 Å². The topological polar surface area (TPSA) is 64.8 Å². The summed E-state index contributed by atoms with van der Waals surface area (Å²) >= 11 is 0. The van der Waals surface area contributed by atoms with E-state index in [0.717, 1.165) is 19.3 Å². The molecule has 0 heterocycles. The second-order valence-corrected chi connectivity index (χ2v) is 6.22. The third-order valence-electron chi connectivity index (χ3n) is 4.39. The molecule has 1 amide bonds. The fourth-order valence-corrected chi connectivity index (χ4v) is 3.18. The van der Waals surface area contributed by atoms with Gasteiger partial charge in [0.1, 0.15) is 0 Å². The highest BCUT2D eigenvalue weighted by Gasteiger charge is 2.23. The van der Waals surface area contributed by atoms with Crippen molar-refractivity contribution in [2.45, 2.75) is 57.5 Å². The van der Waals surface area contributed by atoms with Crippen molar-refractivity contribution < 1.29 is 14.3 Å². The van der Waals surface area contributed by atoms with E-state index in [-0.39, 0.29) is 11.9 Å². The minimum Gasteiger partial charge on any atom is -0.383 e. The number of nitrogens with two attached hydrogens (primary N) is 1. The van der Waals surface area contributed by atoms with Crippen LogP contribution in [0.3, 0.4) is 0 Å². The molecule has 0 radical (unpaired) electrons. The van der Waals surface area contributed by atoms with Crippen molar-refractivity contribution in [2.75, 3.05) is 34.0 Å². The molecular weight excluding hydrogens is 268 g/mol. The highest BCUT2D eigenvalue weighted by Crippen LogP contribution is 2.27. The van der Waals surface area contributed by atoms with Crippen LogP contribution in [0.5, 0.6) is 0 Å². The minimum absolute atomic E-state index is 0.0891. The molecule has 0 bridgehead atoms. The van der Waals surface area contributed by atoms with Crippen molar-refractivity contribution in [3.8, 4) is 0 Å². The maximum Gasteiger partial charge on any atom is 0.222 e. The Hall–Kier alpha value is -0.650. The zero-order chi connectivity index (χ0) is 15.7. The number of hydrogen-bond donors (Lipinski definition) is 1. The number of amides is 1. The molecule has 0 spiro atoms. The lowest BCUT2D eigenvalue weighted by molar-refractivity contribution is -0.135. The van der Waals surface area contributed by atoms with Gasteiger partial charge in [0.2, 0.25) is 5.91 Å². The molecule has 5 nitrogen and oxygen atoms in total. The molecule has 0 aliphatic heterocycles. The molecule has 1 aliphatic rings. The Morgan fingerprint density at radius 3 is 2.71 bits per heavy atom. The van der Waals surface area contributed by atoms with Gasteiger partial charge in [0.15, 0.2) is 0 Å². The van der Waals surface area contributed by atoms with Gasteiger partial charge >= 0.3 is 0 Å². The number of hydrogen-bond acceptors (Lipinski definition) is 4. The Kier molecular flexibility index (Phi) is 8.88. The van der Waals surface area contributed by atoms with Crippen LogP contribution in [0.2, 0.25) is 0 Å². The van der Waals surface area contributed by atoms with E-state index in [9.17, 15) is 4.79 Å². The predicted octanol–water partition coefficient (Wildman–Crippen LogP) is 1.79.